The number of amides is 2. The van der Waals surface area contributed by atoms with Gasteiger partial charge in [-0.15, -0.1) is 0 Å². The van der Waals surface area contributed by atoms with Gasteiger partial charge in [-0.25, -0.2) is 12.8 Å². The molecule has 0 bridgehead atoms. The Kier molecular flexibility index (Phi) is 11.0. The number of carbonyl (C=O) groups is 2. The molecule has 2 atom stereocenters. The average Bonchev–Trinajstić information content (AvgIpc) is 2.93. The van der Waals surface area contributed by atoms with Gasteiger partial charge in [0.05, 0.1) is 10.6 Å². The predicted octanol–water partition coefficient (Wildman–Crippen LogP) is 6.05. The highest BCUT2D eigenvalue weighted by atomic mass is 35.5. The normalized spacial score (nSPS) is 12.8. The summed E-state index contributed by atoms with van der Waals surface area (Å²) in [5.74, 6) is -1.60. The Morgan fingerprint density at radius 2 is 1.50 bits per heavy atom. The number of nitrogens with zero attached hydrogens (tertiary/aromatic N) is 2. The maximum absolute atomic E-state index is 14.0. The van der Waals surface area contributed by atoms with Crippen molar-refractivity contribution in [3.8, 4) is 0 Å². The van der Waals surface area contributed by atoms with E-state index in [1.165, 1.54) is 29.2 Å². The molecule has 1 N–H and O–H groups in total. The molecule has 11 heteroatoms. The van der Waals surface area contributed by atoms with Crippen molar-refractivity contribution in [1.29, 1.82) is 0 Å². The topological polar surface area (TPSA) is 86.8 Å². The van der Waals surface area contributed by atoms with Gasteiger partial charge in [-0.2, -0.15) is 0 Å². The lowest BCUT2D eigenvalue weighted by atomic mass is 10.1. The Bertz CT molecular complexity index is 1400. The van der Waals surface area contributed by atoms with Gasteiger partial charge in [0, 0.05) is 28.2 Å². The number of rotatable bonds is 12. The maximum atomic E-state index is 14.0. The summed E-state index contributed by atoms with van der Waals surface area (Å²) in [6.07, 6.45) is 0.929. The van der Waals surface area contributed by atoms with E-state index in [0.29, 0.717) is 22.0 Å². The van der Waals surface area contributed by atoms with Gasteiger partial charge in [0.2, 0.25) is 11.8 Å². The molecule has 0 spiro atoms. The van der Waals surface area contributed by atoms with Crippen molar-refractivity contribution in [3.63, 3.8) is 0 Å². The quantitative estimate of drug-likeness (QED) is 0.271. The van der Waals surface area contributed by atoms with Crippen LogP contribution in [0.1, 0.15) is 39.2 Å². The molecule has 0 aliphatic rings. The zero-order chi connectivity index (χ0) is 29.4. The lowest BCUT2D eigenvalue weighted by Crippen LogP contribution is -2.53. The van der Waals surface area contributed by atoms with Gasteiger partial charge in [-0.1, -0.05) is 61.3 Å². The highest BCUT2D eigenvalue weighted by Gasteiger charge is 2.34. The monoisotopic (exact) mass is 607 g/mol. The summed E-state index contributed by atoms with van der Waals surface area (Å²) >= 11 is 12.8. The highest BCUT2D eigenvalue weighted by Crippen LogP contribution is 2.29. The van der Waals surface area contributed by atoms with Crippen molar-refractivity contribution in [2.75, 3.05) is 10.8 Å². The first-order chi connectivity index (χ1) is 19.0. The molecule has 0 saturated heterocycles. The minimum Gasteiger partial charge on any atom is -0.352 e. The van der Waals surface area contributed by atoms with Gasteiger partial charge in [-0.05, 0) is 68.3 Å². The SMILES string of the molecule is CC[C@@H](C)NC(=O)[C@@H](CC)N(Cc1c(Cl)cccc1Cl)C(=O)CN(c1ccc(F)cc1)S(=O)(=O)c1ccccc1. The van der Waals surface area contributed by atoms with E-state index in [-0.39, 0.29) is 35.5 Å². The molecule has 214 valence electrons. The summed E-state index contributed by atoms with van der Waals surface area (Å²) in [6.45, 7) is 4.75. The molecule has 0 heterocycles. The first-order valence-corrected chi connectivity index (χ1v) is 15.0. The summed E-state index contributed by atoms with van der Waals surface area (Å²) in [4.78, 5) is 28.6. The van der Waals surface area contributed by atoms with E-state index in [4.69, 9.17) is 23.2 Å². The smallest absolute Gasteiger partial charge is 0.264 e. The van der Waals surface area contributed by atoms with E-state index in [1.54, 1.807) is 43.3 Å². The first-order valence-electron chi connectivity index (χ1n) is 12.9. The lowest BCUT2D eigenvalue weighted by molar-refractivity contribution is -0.140. The van der Waals surface area contributed by atoms with Gasteiger partial charge >= 0.3 is 0 Å². The zero-order valence-corrected chi connectivity index (χ0v) is 24.8. The van der Waals surface area contributed by atoms with Gasteiger partial charge in [0.1, 0.15) is 18.4 Å². The molecule has 0 aliphatic carbocycles. The number of hydrogen-bond acceptors (Lipinski definition) is 4. The molecule has 0 unspecified atom stereocenters. The minimum absolute atomic E-state index is 0.0469. The molecule has 3 aromatic carbocycles. The second-order valence-electron chi connectivity index (χ2n) is 9.26. The molecular weight excluding hydrogens is 576 g/mol. The van der Waals surface area contributed by atoms with Crippen molar-refractivity contribution in [3.05, 3.63) is 94.2 Å². The summed E-state index contributed by atoms with van der Waals surface area (Å²) in [5, 5.41) is 3.51. The fraction of sp³-hybridized carbons (Fsp3) is 0.310. The molecule has 0 aromatic heterocycles. The summed E-state index contributed by atoms with van der Waals surface area (Å²) < 4.78 is 42.1. The van der Waals surface area contributed by atoms with E-state index in [2.05, 4.69) is 5.32 Å². The van der Waals surface area contributed by atoms with E-state index in [0.717, 1.165) is 16.4 Å². The Balaban J connectivity index is 2.08. The van der Waals surface area contributed by atoms with Gasteiger partial charge in [-0.3, -0.25) is 13.9 Å². The highest BCUT2D eigenvalue weighted by molar-refractivity contribution is 7.92. The van der Waals surface area contributed by atoms with E-state index < -0.39 is 34.3 Å². The van der Waals surface area contributed by atoms with Crippen LogP contribution in [0.15, 0.2) is 77.7 Å². The van der Waals surface area contributed by atoms with Crippen LogP contribution in [-0.2, 0) is 26.2 Å². The summed E-state index contributed by atoms with van der Waals surface area (Å²) in [7, 11) is -4.25. The van der Waals surface area contributed by atoms with Crippen LogP contribution >= 0.6 is 23.2 Å². The van der Waals surface area contributed by atoms with Crippen LogP contribution < -0.4 is 9.62 Å². The average molecular weight is 609 g/mol. The predicted molar refractivity (Wildman–Crippen MR) is 156 cm³/mol. The molecule has 2 amide bonds. The Morgan fingerprint density at radius 1 is 0.900 bits per heavy atom. The van der Waals surface area contributed by atoms with E-state index in [1.807, 2.05) is 13.8 Å². The summed E-state index contributed by atoms with van der Waals surface area (Å²) in [5.41, 5.74) is 0.514. The maximum Gasteiger partial charge on any atom is 0.264 e. The molecule has 7 nitrogen and oxygen atoms in total. The second-order valence-corrected chi connectivity index (χ2v) is 11.9. The second kappa shape index (κ2) is 14.0. The fourth-order valence-electron chi connectivity index (χ4n) is 4.07. The number of anilines is 1. The first kappa shape index (κ1) is 31.4. The lowest BCUT2D eigenvalue weighted by Gasteiger charge is -2.34. The minimum atomic E-state index is -4.25. The number of halogens is 3. The Labute approximate surface area is 244 Å². The molecular formula is C29H32Cl2FN3O4S. The largest absolute Gasteiger partial charge is 0.352 e. The number of carbonyl (C=O) groups excluding carboxylic acids is 2. The van der Waals surface area contributed by atoms with Crippen LogP contribution in [0.2, 0.25) is 10.0 Å². The van der Waals surface area contributed by atoms with Crippen LogP contribution in [0.3, 0.4) is 0 Å². The van der Waals surface area contributed by atoms with Crippen molar-refractivity contribution < 1.29 is 22.4 Å². The fourth-order valence-corrected chi connectivity index (χ4v) is 6.02. The number of benzene rings is 3. The third kappa shape index (κ3) is 7.53. The van der Waals surface area contributed by atoms with Crippen molar-refractivity contribution in [2.24, 2.45) is 0 Å². The van der Waals surface area contributed by atoms with Crippen LogP contribution in [-0.4, -0.2) is 43.8 Å². The molecule has 40 heavy (non-hydrogen) atoms. The van der Waals surface area contributed by atoms with Gasteiger partial charge in [0.25, 0.3) is 10.0 Å². The van der Waals surface area contributed by atoms with E-state index >= 15 is 0 Å². The molecule has 0 aliphatic heterocycles. The number of nitrogens with one attached hydrogen (secondary N) is 1. The summed E-state index contributed by atoms with van der Waals surface area (Å²) in [6, 6.07) is 16.2. The van der Waals surface area contributed by atoms with Crippen LogP contribution in [0.4, 0.5) is 10.1 Å². The van der Waals surface area contributed by atoms with Crippen molar-refractivity contribution in [1.82, 2.24) is 10.2 Å². The van der Waals surface area contributed by atoms with Crippen LogP contribution in [0.5, 0.6) is 0 Å². The number of sulfonamides is 1. The van der Waals surface area contributed by atoms with E-state index in [9.17, 15) is 22.4 Å². The zero-order valence-electron chi connectivity index (χ0n) is 22.5. The molecule has 0 fully saturated rings. The standard InChI is InChI=1S/C29H32Cl2FN3O4S/c1-4-20(3)33-29(37)27(5-2)34(18-24-25(30)12-9-13-26(24)31)28(36)19-35(22-16-14-21(32)15-17-22)40(38,39)23-10-7-6-8-11-23/h6-17,20,27H,4-5,18-19H2,1-3H3,(H,33,37)/t20-,27-/m1/s1. The third-order valence-electron chi connectivity index (χ3n) is 6.50. The number of hydrogen-bond donors (Lipinski definition) is 1. The van der Waals surface area contributed by atoms with Crippen molar-refractivity contribution >= 4 is 50.7 Å². The van der Waals surface area contributed by atoms with Crippen molar-refractivity contribution in [2.45, 2.75) is 57.1 Å². The Hall–Kier alpha value is -3.14. The molecule has 3 rings (SSSR count). The van der Waals surface area contributed by atoms with Gasteiger partial charge < -0.3 is 10.2 Å². The van der Waals surface area contributed by atoms with Crippen LogP contribution in [0.25, 0.3) is 0 Å². The Morgan fingerprint density at radius 3 is 2.05 bits per heavy atom. The van der Waals surface area contributed by atoms with Crippen LogP contribution in [0, 0.1) is 5.82 Å². The third-order valence-corrected chi connectivity index (χ3v) is 9.00. The molecule has 0 saturated carbocycles. The molecule has 0 radical (unpaired) electrons. The molecule has 3 aromatic rings. The van der Waals surface area contributed by atoms with Gasteiger partial charge in [0.15, 0.2) is 0 Å².